The highest BCUT2D eigenvalue weighted by molar-refractivity contribution is 7.85. The first-order chi connectivity index (χ1) is 53.8. The maximum absolute atomic E-state index is 14.0. The fourth-order valence-electron chi connectivity index (χ4n) is 14.4. The number of ether oxygens (including phenoxy) is 5. The van der Waals surface area contributed by atoms with Crippen molar-refractivity contribution in [1.82, 2.24) is 40.3 Å². The van der Waals surface area contributed by atoms with Gasteiger partial charge in [0, 0.05) is 127 Å². The van der Waals surface area contributed by atoms with Crippen LogP contribution in [0.15, 0.2) is 72.8 Å². The number of rotatable bonds is 44. The minimum Gasteiger partial charge on any atom is -0.496 e. The summed E-state index contributed by atoms with van der Waals surface area (Å²) in [5.41, 5.74) is 14.9. The lowest BCUT2D eigenvalue weighted by atomic mass is 9.95. The lowest BCUT2D eigenvalue weighted by Crippen LogP contribution is -2.48. The fourth-order valence-corrected chi connectivity index (χ4v) is 17.0. The van der Waals surface area contributed by atoms with E-state index in [1.807, 2.05) is 72.1 Å². The molecule has 636 valence electrons. The number of nitrogens with zero attached hydrogens (tertiary/aromatic N) is 9. The molecule has 8 N–H and O–H groups in total. The quantitative estimate of drug-likeness (QED) is 0.0109. The normalized spacial score (nSPS) is 16.0. The topological polar surface area (TPSA) is 362 Å². The number of aryl methyl sites for hydroxylation is 4. The first-order valence-corrected chi connectivity index (χ1v) is 47.4. The number of likely N-dealkylation sites (N-methyl/N-ethyl adjacent to an activating group) is 2. The number of Topliss-reactive ketones (excluding diaryl/α,β-unsaturated/α-hetero) is 1. The van der Waals surface area contributed by atoms with Crippen molar-refractivity contribution in [3.63, 3.8) is 0 Å². The van der Waals surface area contributed by atoms with Crippen molar-refractivity contribution in [2.75, 3.05) is 194 Å². The molecule has 0 spiro atoms. The van der Waals surface area contributed by atoms with Crippen LogP contribution < -0.4 is 56.4 Å². The molecule has 7 rings (SSSR count). The zero-order valence-corrected chi connectivity index (χ0v) is 74.3. The number of ketones is 1. The number of aromatic nitrogens is 3. The number of amides is 2. The third kappa shape index (κ3) is 30.4. The number of hydrogen-bond acceptors (Lipinski definition) is 20. The molecule has 29 nitrogen and oxygen atoms in total. The number of hydrogen-bond donors (Lipinski definition) is 7. The fraction of sp³-hybridized carbons (Fsp3) is 0.561. The van der Waals surface area contributed by atoms with Crippen LogP contribution in [-0.2, 0) is 57.8 Å². The van der Waals surface area contributed by atoms with Crippen molar-refractivity contribution in [2.24, 2.45) is 5.73 Å². The summed E-state index contributed by atoms with van der Waals surface area (Å²) in [6.07, 6.45) is 5.38. The monoisotopic (exact) mass is 1680 g/mol. The molecule has 0 radical (unpaired) electrons. The Labute approximate surface area is 681 Å². The van der Waals surface area contributed by atoms with Crippen LogP contribution >= 0.6 is 22.1 Å². The van der Waals surface area contributed by atoms with E-state index >= 15 is 0 Å². The van der Waals surface area contributed by atoms with E-state index < -0.39 is 38.3 Å². The third-order valence-corrected chi connectivity index (χ3v) is 24.9. The highest BCUT2D eigenvalue weighted by Crippen LogP contribution is 2.43. The van der Waals surface area contributed by atoms with Gasteiger partial charge in [-0.2, -0.15) is 8.42 Å². The predicted octanol–water partition coefficient (Wildman–Crippen LogP) is 7.67. The van der Waals surface area contributed by atoms with Crippen LogP contribution in [0.2, 0.25) is 0 Å². The van der Waals surface area contributed by atoms with Gasteiger partial charge in [0.1, 0.15) is 51.7 Å². The van der Waals surface area contributed by atoms with Crippen molar-refractivity contribution in [2.45, 2.75) is 112 Å². The van der Waals surface area contributed by atoms with Crippen LogP contribution in [0.1, 0.15) is 98.1 Å². The summed E-state index contributed by atoms with van der Waals surface area (Å²) in [6, 6.07) is 20.6. The van der Waals surface area contributed by atoms with Gasteiger partial charge in [0.25, 0.3) is 21.9 Å². The molecule has 115 heavy (non-hydrogen) atoms. The van der Waals surface area contributed by atoms with Crippen molar-refractivity contribution < 1.29 is 92.9 Å². The molecule has 6 aromatic rings. The maximum Gasteiger partial charge on any atom is 0.265 e. The molecular formula is C82H128N12O17P3S+3. The highest BCUT2D eigenvalue weighted by atomic mass is 32.2. The molecule has 3 aromatic carbocycles. The van der Waals surface area contributed by atoms with Gasteiger partial charge in [-0.05, 0) is 146 Å². The second kappa shape index (κ2) is 42.0. The molecule has 3 aromatic heterocycles. The molecular weight excluding hydrogens is 1550 g/mol. The van der Waals surface area contributed by atoms with Gasteiger partial charge in [-0.1, -0.05) is 26.7 Å². The van der Waals surface area contributed by atoms with E-state index in [0.29, 0.717) is 155 Å². The Balaban J connectivity index is 1.24. The Bertz CT molecular complexity index is 4580. The van der Waals surface area contributed by atoms with Crippen molar-refractivity contribution in [1.29, 1.82) is 0 Å². The van der Waals surface area contributed by atoms with Gasteiger partial charge in [0.05, 0.1) is 132 Å². The Hall–Kier alpha value is -7.08. The van der Waals surface area contributed by atoms with Crippen LogP contribution in [0.5, 0.6) is 28.7 Å². The van der Waals surface area contributed by atoms with E-state index in [2.05, 4.69) is 67.4 Å². The van der Waals surface area contributed by atoms with E-state index in [-0.39, 0.29) is 98.5 Å². The van der Waals surface area contributed by atoms with E-state index in [0.717, 1.165) is 77.5 Å². The molecule has 4 unspecified atom stereocenters. The molecule has 1 aliphatic rings. The maximum atomic E-state index is 14.0. The summed E-state index contributed by atoms with van der Waals surface area (Å²) in [5, 5.41) is 5.97. The van der Waals surface area contributed by atoms with Gasteiger partial charge in [-0.3, -0.25) is 47.3 Å². The summed E-state index contributed by atoms with van der Waals surface area (Å²) in [7, 11) is -0.752. The van der Waals surface area contributed by atoms with E-state index in [1.165, 1.54) is 34.2 Å². The van der Waals surface area contributed by atoms with Gasteiger partial charge < -0.3 is 68.2 Å². The largest absolute Gasteiger partial charge is 0.496 e. The molecule has 0 saturated carbocycles. The number of benzene rings is 3. The number of carbonyl (C=O) groups is 3. The van der Waals surface area contributed by atoms with Gasteiger partial charge in [0.2, 0.25) is 22.1 Å². The molecule has 2 amide bonds. The molecule has 0 bridgehead atoms. The van der Waals surface area contributed by atoms with Crippen LogP contribution in [0, 0.1) is 27.7 Å². The zero-order chi connectivity index (χ0) is 85.0. The third-order valence-electron chi connectivity index (χ3n) is 20.9. The number of quaternary nitrogens is 3. The molecule has 4 heterocycles. The Morgan fingerprint density at radius 3 is 1.30 bits per heavy atom. The Morgan fingerprint density at radius 1 is 0.513 bits per heavy atom. The summed E-state index contributed by atoms with van der Waals surface area (Å²) < 4.78 is 106. The SMILES string of the molecule is CCCC[N+](C)(C)CCNC(=O)COc1cc(C)c(-c2cc(CN3CCN(Cc4cc(-c5c(C)cc(OCC(=O)CCC[N+](C)(C)CCCS(=O)(=O)O)cc5OC)cc(P(C)(=O)O)n4)CCN(Cc4cc(-c5c(C)cc(OCC(=O)NCC[N+](C)(C)CCCC)cc5OC)cc(P(C)(=O)O)n4)C(CN)C3)nc(P(C)(=O)O)c2)c(C)c1. The van der Waals surface area contributed by atoms with Crippen molar-refractivity contribution >= 4 is 66.1 Å². The lowest BCUT2D eigenvalue weighted by molar-refractivity contribution is -0.890. The van der Waals surface area contributed by atoms with Crippen molar-refractivity contribution in [3.8, 4) is 62.1 Å². The first-order valence-electron chi connectivity index (χ1n) is 39.5. The summed E-state index contributed by atoms with van der Waals surface area (Å²) in [6.45, 7) is 23.0. The second-order valence-electron chi connectivity index (χ2n) is 32.9. The number of methoxy groups -OCH3 is 2. The minimum atomic E-state index is -4.08. The molecule has 1 fully saturated rings. The van der Waals surface area contributed by atoms with Crippen LogP contribution in [0.25, 0.3) is 33.4 Å². The molecule has 33 heteroatoms. The Morgan fingerprint density at radius 2 is 0.878 bits per heavy atom. The molecule has 1 aliphatic heterocycles. The number of carbonyl (C=O) groups excluding carboxylic acids is 3. The van der Waals surface area contributed by atoms with Crippen LogP contribution in [0.4, 0.5) is 0 Å². The lowest BCUT2D eigenvalue weighted by Gasteiger charge is -2.34. The average Bonchev–Trinajstić information content (AvgIpc) is 1.01. The minimum absolute atomic E-state index is 0.000448. The summed E-state index contributed by atoms with van der Waals surface area (Å²) in [5.74, 6) is 0.995. The number of nitrogens with two attached hydrogens (primary N) is 1. The number of nitrogens with one attached hydrogen (secondary N) is 2. The van der Waals surface area contributed by atoms with Gasteiger partial charge >= 0.3 is 0 Å². The smallest absolute Gasteiger partial charge is 0.265 e. The molecule has 1 saturated heterocycles. The van der Waals surface area contributed by atoms with Crippen LogP contribution in [0.3, 0.4) is 0 Å². The summed E-state index contributed by atoms with van der Waals surface area (Å²) in [4.78, 5) is 94.8. The zero-order valence-electron chi connectivity index (χ0n) is 70.8. The second-order valence-corrected chi connectivity index (χ2v) is 41.1. The van der Waals surface area contributed by atoms with Gasteiger partial charge in [0.15, 0.2) is 19.0 Å². The van der Waals surface area contributed by atoms with E-state index in [9.17, 15) is 55.7 Å². The average molecular weight is 1680 g/mol. The number of unbranched alkanes of at least 4 members (excludes halogenated alkanes) is 2. The van der Waals surface area contributed by atoms with Gasteiger partial charge in [-0.15, -0.1) is 0 Å². The van der Waals surface area contributed by atoms with E-state index in [1.54, 1.807) is 42.5 Å². The first kappa shape index (κ1) is 95.1. The molecule has 0 aliphatic carbocycles. The molecule has 4 atom stereocenters. The van der Waals surface area contributed by atoms with Gasteiger partial charge in [-0.25, -0.2) is 15.0 Å². The standard InChI is InChI=1S/C82H125N12O17P3S/c1-18-20-31-93(9,10)35-25-84-75(96)56-110-70-38-58(3)80(59(4)39-70)62-42-66(87-77(45-62)112(15,98)99)52-90-28-27-89(51-65-43-63(46-78(86-65)113(16,100)101)81-60(5)40-71(48-73(81)107-13)109-55-69(95)24-22-33-92(7,8)34-23-37-115(104,105)106)29-30-91(68(50-83)54-90)53-67-44-64(47-79(88-67)114(17,102)103)82-61(6)41-72(49-74(82)108-14)111-57-76(97)85-26-36-94(11,12)32-21-19-2/h38-49,68H,18-37,50-57,83H2,1-17H3,(H3-3,84,85,96,97,98,99,100,101,102,103,104,105,106)/p+3. The van der Waals surface area contributed by atoms with Crippen LogP contribution in [-0.4, -0.2) is 288 Å². The Kier molecular flexibility index (Phi) is 34.8. The summed E-state index contributed by atoms with van der Waals surface area (Å²) >= 11 is 0. The number of pyridine rings is 3. The predicted molar refractivity (Wildman–Crippen MR) is 454 cm³/mol. The highest BCUT2D eigenvalue weighted by Gasteiger charge is 2.31. The van der Waals surface area contributed by atoms with E-state index in [4.69, 9.17) is 44.4 Å². The van der Waals surface area contributed by atoms with Crippen molar-refractivity contribution in [3.05, 3.63) is 112 Å².